The van der Waals surface area contributed by atoms with Crippen LogP contribution < -0.4 is 10.6 Å². The predicted molar refractivity (Wildman–Crippen MR) is 57.6 cm³/mol. The summed E-state index contributed by atoms with van der Waals surface area (Å²) >= 11 is 0. The third-order valence-corrected chi connectivity index (χ3v) is 3.33. The Morgan fingerprint density at radius 1 is 1.47 bits per heavy atom. The van der Waals surface area contributed by atoms with Crippen LogP contribution in [0.2, 0.25) is 0 Å². The van der Waals surface area contributed by atoms with Crippen LogP contribution in [-0.2, 0) is 4.79 Å². The lowest BCUT2D eigenvalue weighted by molar-refractivity contribution is -0.120. The maximum atomic E-state index is 12.0. The van der Waals surface area contributed by atoms with Gasteiger partial charge in [0.25, 0.3) is 0 Å². The third kappa shape index (κ3) is 1.21. The number of rotatable bonds is 1. The normalized spacial score (nSPS) is 29.0. The summed E-state index contributed by atoms with van der Waals surface area (Å²) in [5.74, 6) is 0.532. The Labute approximate surface area is 88.1 Å². The molecule has 0 saturated heterocycles. The Morgan fingerprint density at radius 2 is 2.27 bits per heavy atom. The number of carbonyl (C=O) groups excluding carboxylic acids is 1. The van der Waals surface area contributed by atoms with Crippen LogP contribution in [0.5, 0.6) is 0 Å². The van der Waals surface area contributed by atoms with Crippen LogP contribution in [0.15, 0.2) is 18.5 Å². The first kappa shape index (κ1) is 8.71. The summed E-state index contributed by atoms with van der Waals surface area (Å²) in [7, 11) is 0. The molecule has 1 aliphatic carbocycles. The summed E-state index contributed by atoms with van der Waals surface area (Å²) in [4.78, 5) is 15.9. The van der Waals surface area contributed by atoms with Crippen molar-refractivity contribution in [1.82, 2.24) is 4.98 Å². The van der Waals surface area contributed by atoms with Crippen molar-refractivity contribution >= 4 is 17.3 Å². The van der Waals surface area contributed by atoms with Crippen molar-refractivity contribution in [3.05, 3.63) is 18.5 Å². The average molecular weight is 203 g/mol. The van der Waals surface area contributed by atoms with Gasteiger partial charge >= 0.3 is 0 Å². The number of fused-ring (bicyclic) bond motifs is 1. The zero-order valence-electron chi connectivity index (χ0n) is 8.58. The minimum atomic E-state index is -0.436. The monoisotopic (exact) mass is 203 g/mol. The molecule has 0 spiro atoms. The van der Waals surface area contributed by atoms with Gasteiger partial charge in [-0.2, -0.15) is 0 Å². The first-order chi connectivity index (χ1) is 7.20. The van der Waals surface area contributed by atoms with Crippen molar-refractivity contribution in [1.29, 1.82) is 0 Å². The lowest BCUT2D eigenvalue weighted by Gasteiger charge is -2.35. The number of nitrogens with zero attached hydrogens (tertiary/aromatic N) is 1. The Hall–Kier alpha value is -1.58. The second-order valence-corrected chi connectivity index (χ2v) is 4.48. The van der Waals surface area contributed by atoms with Gasteiger partial charge in [-0.15, -0.1) is 0 Å². The molecular formula is C11H13N3O. The number of hydrogen-bond acceptors (Lipinski definition) is 3. The first-order valence-corrected chi connectivity index (χ1v) is 5.24. The molecule has 4 heteroatoms. The Kier molecular flexibility index (Phi) is 1.58. The summed E-state index contributed by atoms with van der Waals surface area (Å²) in [6.07, 6.45) is 5.68. The van der Waals surface area contributed by atoms with E-state index in [1.807, 2.05) is 13.0 Å². The summed E-state index contributed by atoms with van der Waals surface area (Å²) < 4.78 is 0. The number of pyridine rings is 1. The van der Waals surface area contributed by atoms with E-state index in [2.05, 4.69) is 15.6 Å². The lowest BCUT2D eigenvalue weighted by Crippen LogP contribution is -2.51. The molecule has 1 aromatic heterocycles. The van der Waals surface area contributed by atoms with Crippen LogP contribution in [0.4, 0.5) is 11.4 Å². The van der Waals surface area contributed by atoms with Crippen LogP contribution in [0, 0.1) is 5.92 Å². The van der Waals surface area contributed by atoms with E-state index in [4.69, 9.17) is 0 Å². The Balaban J connectivity index is 2.01. The van der Waals surface area contributed by atoms with Crippen LogP contribution >= 0.6 is 0 Å². The highest BCUT2D eigenvalue weighted by molar-refractivity contribution is 6.06. The fourth-order valence-corrected chi connectivity index (χ4v) is 2.14. The molecule has 1 aromatic rings. The van der Waals surface area contributed by atoms with Crippen molar-refractivity contribution in [2.24, 2.45) is 5.92 Å². The maximum Gasteiger partial charge on any atom is 0.250 e. The maximum absolute atomic E-state index is 12.0. The molecule has 78 valence electrons. The zero-order valence-corrected chi connectivity index (χ0v) is 8.58. The molecule has 2 heterocycles. The second-order valence-electron chi connectivity index (χ2n) is 4.48. The molecule has 0 aromatic carbocycles. The highest BCUT2D eigenvalue weighted by Gasteiger charge is 2.49. The zero-order chi connectivity index (χ0) is 10.5. The molecule has 2 aliphatic rings. The number of aromatic nitrogens is 1. The topological polar surface area (TPSA) is 54.0 Å². The molecule has 1 aliphatic heterocycles. The number of hydrogen-bond donors (Lipinski definition) is 2. The highest BCUT2D eigenvalue weighted by Crippen LogP contribution is 2.44. The Bertz CT molecular complexity index is 428. The summed E-state index contributed by atoms with van der Waals surface area (Å²) in [6, 6.07) is 1.90. The van der Waals surface area contributed by atoms with E-state index in [1.165, 1.54) is 0 Å². The summed E-state index contributed by atoms with van der Waals surface area (Å²) in [6.45, 7) is 1.98. The molecule has 3 rings (SSSR count). The van der Waals surface area contributed by atoms with Crippen molar-refractivity contribution in [2.75, 3.05) is 10.6 Å². The van der Waals surface area contributed by atoms with E-state index in [0.29, 0.717) is 5.92 Å². The van der Waals surface area contributed by atoms with Crippen LogP contribution in [0.3, 0.4) is 0 Å². The van der Waals surface area contributed by atoms with Crippen molar-refractivity contribution in [2.45, 2.75) is 25.3 Å². The van der Waals surface area contributed by atoms with Crippen molar-refractivity contribution < 1.29 is 4.79 Å². The molecule has 15 heavy (non-hydrogen) atoms. The van der Waals surface area contributed by atoms with Gasteiger partial charge in [-0.05, 0) is 31.7 Å². The van der Waals surface area contributed by atoms with E-state index >= 15 is 0 Å². The molecule has 1 unspecified atom stereocenters. The van der Waals surface area contributed by atoms with Gasteiger partial charge in [-0.1, -0.05) is 0 Å². The number of amides is 1. The van der Waals surface area contributed by atoms with E-state index in [1.54, 1.807) is 12.4 Å². The standard InChI is InChI=1S/C11H13N3O/c1-11(7-2-3-7)10(15)13-9-6-12-5-4-8(9)14-11/h4-7,14H,2-3H2,1H3,(H,13,15). The van der Waals surface area contributed by atoms with Gasteiger partial charge in [-0.25, -0.2) is 0 Å². The van der Waals surface area contributed by atoms with Crippen molar-refractivity contribution in [3.63, 3.8) is 0 Å². The fraction of sp³-hybridized carbons (Fsp3) is 0.455. The quantitative estimate of drug-likeness (QED) is 0.729. The molecule has 2 N–H and O–H groups in total. The number of carbonyl (C=O) groups is 1. The molecule has 1 fully saturated rings. The lowest BCUT2D eigenvalue weighted by atomic mass is 9.92. The van der Waals surface area contributed by atoms with Gasteiger partial charge < -0.3 is 10.6 Å². The average Bonchev–Trinajstić information content (AvgIpc) is 3.03. The highest BCUT2D eigenvalue weighted by atomic mass is 16.2. The van der Waals surface area contributed by atoms with E-state index < -0.39 is 5.54 Å². The Morgan fingerprint density at radius 3 is 3.00 bits per heavy atom. The molecule has 0 bridgehead atoms. The van der Waals surface area contributed by atoms with E-state index in [9.17, 15) is 4.79 Å². The minimum Gasteiger partial charge on any atom is -0.369 e. The SMILES string of the molecule is CC1(C2CC2)Nc2ccncc2NC1=O. The van der Waals surface area contributed by atoms with Gasteiger partial charge in [-0.3, -0.25) is 9.78 Å². The van der Waals surface area contributed by atoms with E-state index in [0.717, 1.165) is 24.2 Å². The minimum absolute atomic E-state index is 0.0606. The third-order valence-electron chi connectivity index (χ3n) is 3.33. The molecular weight excluding hydrogens is 190 g/mol. The van der Waals surface area contributed by atoms with E-state index in [-0.39, 0.29) is 5.91 Å². The van der Waals surface area contributed by atoms with Gasteiger partial charge in [0.2, 0.25) is 5.91 Å². The number of anilines is 2. The second kappa shape index (κ2) is 2.72. The van der Waals surface area contributed by atoms with Crippen LogP contribution in [0.25, 0.3) is 0 Å². The molecule has 1 saturated carbocycles. The molecule has 4 nitrogen and oxygen atoms in total. The fourth-order valence-electron chi connectivity index (χ4n) is 2.14. The summed E-state index contributed by atoms with van der Waals surface area (Å²) in [5, 5.41) is 6.24. The van der Waals surface area contributed by atoms with Crippen molar-refractivity contribution in [3.8, 4) is 0 Å². The van der Waals surface area contributed by atoms with Crippen LogP contribution in [0.1, 0.15) is 19.8 Å². The van der Waals surface area contributed by atoms with Gasteiger partial charge in [0.05, 0.1) is 17.6 Å². The number of nitrogens with one attached hydrogen (secondary N) is 2. The smallest absolute Gasteiger partial charge is 0.250 e. The predicted octanol–water partition coefficient (Wildman–Crippen LogP) is 1.61. The van der Waals surface area contributed by atoms with Crippen LogP contribution in [-0.4, -0.2) is 16.4 Å². The largest absolute Gasteiger partial charge is 0.369 e. The first-order valence-electron chi connectivity index (χ1n) is 5.24. The van der Waals surface area contributed by atoms with Gasteiger partial charge in [0.15, 0.2) is 0 Å². The molecule has 1 amide bonds. The summed E-state index contributed by atoms with van der Waals surface area (Å²) in [5.41, 5.74) is 1.31. The molecule has 0 radical (unpaired) electrons. The molecule has 1 atom stereocenters. The van der Waals surface area contributed by atoms with Gasteiger partial charge in [0, 0.05) is 6.20 Å². The van der Waals surface area contributed by atoms with Gasteiger partial charge in [0.1, 0.15) is 5.54 Å².